The van der Waals surface area contributed by atoms with Gasteiger partial charge in [0.2, 0.25) is 0 Å². The monoisotopic (exact) mass is 864 g/mol. The lowest BCUT2D eigenvalue weighted by molar-refractivity contribution is -0.635. The number of hydrogen-bond donors (Lipinski definition) is 1. The number of fused-ring (bicyclic) bond motifs is 2. The quantitative estimate of drug-likeness (QED) is 0.187. The number of nitrogens with two attached hydrogens (primary N) is 1. The molecule has 15 heteroatoms. The van der Waals surface area contributed by atoms with Crippen LogP contribution < -0.4 is 19.9 Å². The Morgan fingerprint density at radius 1 is 0.645 bits per heavy atom. The molecule has 338 valence electrons. The smallest absolute Gasteiger partial charge is 0.430 e. The molecule has 4 heterocycles. The van der Waals surface area contributed by atoms with Gasteiger partial charge in [-0.3, -0.25) is 9.36 Å². The number of alkyl halides is 3. The molecule has 2 N–H and O–H groups in total. The zero-order valence-electron chi connectivity index (χ0n) is 37.0. The Bertz CT molecular complexity index is 1920. The first-order valence-corrected chi connectivity index (χ1v) is 20.7. The van der Waals surface area contributed by atoms with Crippen molar-refractivity contribution in [2.45, 2.75) is 85.2 Å². The normalized spacial score (nSPS) is 12.7. The summed E-state index contributed by atoms with van der Waals surface area (Å²) in [6.45, 7) is 16.1. The Hall–Kier alpha value is -6.09. The van der Waals surface area contributed by atoms with E-state index in [1.54, 1.807) is 19.1 Å². The van der Waals surface area contributed by atoms with Crippen LogP contribution in [0.15, 0.2) is 122 Å². The Labute approximate surface area is 363 Å². The van der Waals surface area contributed by atoms with Crippen LogP contribution in [0.4, 0.5) is 18.0 Å². The molecule has 12 nitrogen and oxygen atoms in total. The molecule has 4 aromatic carbocycles. The fourth-order valence-corrected chi connectivity index (χ4v) is 5.73. The summed E-state index contributed by atoms with van der Waals surface area (Å²) in [7, 11) is 3.36. The van der Waals surface area contributed by atoms with Crippen molar-refractivity contribution in [2.24, 2.45) is 0 Å². The number of quaternary nitrogens is 1. The van der Waals surface area contributed by atoms with Crippen LogP contribution in [0.25, 0.3) is 21.8 Å². The molecular weight excluding hydrogens is 802 g/mol. The summed E-state index contributed by atoms with van der Waals surface area (Å²) in [4.78, 5) is 21.9. The van der Waals surface area contributed by atoms with Gasteiger partial charge in [0.1, 0.15) is 23.1 Å². The number of rotatable bonds is 4. The highest BCUT2D eigenvalue weighted by molar-refractivity contribution is 5.85. The number of carboxylic acids is 1. The number of carboxylic acid groups (broad SMARTS) is 1. The molecule has 2 aliphatic rings. The summed E-state index contributed by atoms with van der Waals surface area (Å²) in [5, 5.41) is 21.8. The van der Waals surface area contributed by atoms with Gasteiger partial charge in [-0.05, 0) is 71.7 Å². The minimum absolute atomic E-state index is 0.167. The van der Waals surface area contributed by atoms with Gasteiger partial charge in [0.15, 0.2) is 0 Å². The van der Waals surface area contributed by atoms with Gasteiger partial charge in [0, 0.05) is 39.0 Å². The molecule has 0 aliphatic carbocycles. The van der Waals surface area contributed by atoms with Gasteiger partial charge >= 0.3 is 12.3 Å². The van der Waals surface area contributed by atoms with Crippen molar-refractivity contribution in [3.8, 4) is 11.5 Å². The highest BCUT2D eigenvalue weighted by Gasteiger charge is 2.29. The minimum Gasteiger partial charge on any atom is -0.542 e. The van der Waals surface area contributed by atoms with E-state index in [9.17, 15) is 18.0 Å². The first-order chi connectivity index (χ1) is 29.7. The van der Waals surface area contributed by atoms with Crippen LogP contribution >= 0.6 is 0 Å². The van der Waals surface area contributed by atoms with Crippen LogP contribution in [0.2, 0.25) is 0 Å². The standard InChI is InChI=1S/2C10H12N2O.C9H17NO2.2C6H6.C4H9N.C2HF3O2/c2*1-3-12-9-5-4-6-10(13-2)8(9)7-11-12;1-9(2,3)12-8(11)10-6-4-5-7-10;2*1-2-4-6-5-3-1;1-2-4-5-3-1;3-2(4,5)1(6)7/h2*4-7H,3H2,1-2H3;4-7H2,1-3H3;2*1-6H;5H,1-4H2;(H,6,7). The average Bonchev–Trinajstić information content (AvgIpc) is 4.14. The second-order valence-corrected chi connectivity index (χ2v) is 14.5. The number of halogens is 3. The van der Waals surface area contributed by atoms with Gasteiger partial charge in [0.05, 0.1) is 61.5 Å². The lowest BCUT2D eigenvalue weighted by Crippen LogP contribution is -2.80. The molecule has 2 fully saturated rings. The van der Waals surface area contributed by atoms with Crippen LogP contribution in [-0.2, 0) is 22.6 Å². The summed E-state index contributed by atoms with van der Waals surface area (Å²) in [6, 6.07) is 36.0. The van der Waals surface area contributed by atoms with Crippen LogP contribution in [0, 0.1) is 0 Å². The lowest BCUT2D eigenvalue weighted by Gasteiger charge is -2.23. The average molecular weight is 865 g/mol. The molecule has 2 saturated heterocycles. The van der Waals surface area contributed by atoms with E-state index >= 15 is 0 Å². The number of carbonyl (C=O) groups is 2. The fourth-order valence-electron chi connectivity index (χ4n) is 5.73. The maximum Gasteiger partial charge on any atom is 0.430 e. The number of aryl methyl sites for hydroxylation is 2. The summed E-state index contributed by atoms with van der Waals surface area (Å²) in [5.41, 5.74) is 1.89. The molecule has 62 heavy (non-hydrogen) atoms. The number of ether oxygens (including phenoxy) is 3. The summed E-state index contributed by atoms with van der Waals surface area (Å²) in [6.07, 6.45) is 3.44. The zero-order chi connectivity index (χ0) is 45.8. The predicted octanol–water partition coefficient (Wildman–Crippen LogP) is 8.16. The van der Waals surface area contributed by atoms with Gasteiger partial charge in [-0.15, -0.1) is 0 Å². The number of hydrogen-bond acceptors (Lipinski definition) is 8. The van der Waals surface area contributed by atoms with E-state index in [1.807, 2.05) is 152 Å². The number of benzene rings is 4. The second-order valence-electron chi connectivity index (χ2n) is 14.5. The molecule has 8 rings (SSSR count). The molecule has 0 unspecified atom stereocenters. The van der Waals surface area contributed by atoms with E-state index in [1.165, 1.54) is 25.9 Å². The van der Waals surface area contributed by atoms with Gasteiger partial charge in [-0.2, -0.15) is 23.4 Å². The van der Waals surface area contributed by atoms with E-state index < -0.39 is 12.1 Å². The van der Waals surface area contributed by atoms with Crippen molar-refractivity contribution < 1.29 is 47.4 Å². The molecule has 6 aromatic rings. The Balaban J connectivity index is 0.000000257. The zero-order valence-corrected chi connectivity index (χ0v) is 37.0. The van der Waals surface area contributed by atoms with Crippen molar-refractivity contribution in [3.05, 3.63) is 122 Å². The third kappa shape index (κ3) is 20.0. The highest BCUT2D eigenvalue weighted by Crippen LogP contribution is 2.25. The van der Waals surface area contributed by atoms with Crippen molar-refractivity contribution in [1.29, 1.82) is 0 Å². The SMILES string of the molecule is C1CC[NH2+]C1.CC(C)(C)OC(=O)N1CCCC1.CCn1ncc2c(OC)cccc21.CCn1ncc2c(OC)cccc21.O=C([O-])C(F)(F)F.c1ccccc1.c1ccccc1. The number of nitrogens with zero attached hydrogens (tertiary/aromatic N) is 5. The van der Waals surface area contributed by atoms with Crippen molar-refractivity contribution in [1.82, 2.24) is 24.5 Å². The van der Waals surface area contributed by atoms with E-state index in [0.29, 0.717) is 0 Å². The second kappa shape index (κ2) is 28.4. The maximum absolute atomic E-state index is 11.4. The van der Waals surface area contributed by atoms with Crippen LogP contribution in [0.3, 0.4) is 0 Å². The Morgan fingerprint density at radius 3 is 1.26 bits per heavy atom. The largest absolute Gasteiger partial charge is 0.542 e. The highest BCUT2D eigenvalue weighted by atomic mass is 19.4. The van der Waals surface area contributed by atoms with Crippen molar-refractivity contribution in [3.63, 3.8) is 0 Å². The molecule has 2 aromatic heterocycles. The molecule has 0 bridgehead atoms. The number of amides is 1. The molecular formula is C47H63F3N6O6. The van der Waals surface area contributed by atoms with Crippen molar-refractivity contribution in [2.75, 3.05) is 40.4 Å². The van der Waals surface area contributed by atoms with Gasteiger partial charge in [-0.1, -0.05) is 84.9 Å². The number of carbonyl (C=O) groups excluding carboxylic acids is 2. The topological polar surface area (TPSA) is 140 Å². The van der Waals surface area contributed by atoms with E-state index in [4.69, 9.17) is 24.1 Å². The fraction of sp³-hybridized carbons (Fsp3) is 0.404. The first-order valence-electron chi connectivity index (χ1n) is 20.7. The maximum atomic E-state index is 11.4. The first kappa shape index (κ1) is 52.0. The number of methoxy groups -OCH3 is 2. The minimum atomic E-state index is -5.19. The molecule has 0 radical (unpaired) electrons. The van der Waals surface area contributed by atoms with Crippen LogP contribution in [0.5, 0.6) is 11.5 Å². The van der Waals surface area contributed by atoms with Gasteiger partial charge in [0.25, 0.3) is 0 Å². The van der Waals surface area contributed by atoms with Crippen LogP contribution in [0.1, 0.15) is 60.3 Å². The summed E-state index contributed by atoms with van der Waals surface area (Å²) < 4.78 is 51.1. The Kier molecular flexibility index (Phi) is 23.9. The third-order valence-electron chi connectivity index (χ3n) is 8.72. The molecule has 2 aliphatic heterocycles. The van der Waals surface area contributed by atoms with Gasteiger partial charge < -0.3 is 34.3 Å². The number of likely N-dealkylation sites (tertiary alicyclic amines) is 1. The van der Waals surface area contributed by atoms with E-state index in [2.05, 4.69) is 29.4 Å². The lowest BCUT2D eigenvalue weighted by atomic mass is 10.2. The van der Waals surface area contributed by atoms with E-state index in [0.717, 1.165) is 72.3 Å². The number of aliphatic carboxylic acids is 1. The molecule has 0 atom stereocenters. The molecule has 0 saturated carbocycles. The summed E-state index contributed by atoms with van der Waals surface area (Å²) >= 11 is 0. The van der Waals surface area contributed by atoms with Crippen molar-refractivity contribution >= 4 is 33.9 Å². The van der Waals surface area contributed by atoms with Crippen LogP contribution in [-0.4, -0.2) is 88.7 Å². The molecule has 1 amide bonds. The molecule has 0 spiro atoms. The van der Waals surface area contributed by atoms with Gasteiger partial charge in [-0.25, -0.2) is 4.79 Å². The Morgan fingerprint density at radius 2 is 1.00 bits per heavy atom. The van der Waals surface area contributed by atoms with E-state index in [-0.39, 0.29) is 11.7 Å². The predicted molar refractivity (Wildman–Crippen MR) is 236 cm³/mol. The number of aromatic nitrogens is 4. The third-order valence-corrected chi connectivity index (χ3v) is 8.72. The summed E-state index contributed by atoms with van der Waals surface area (Å²) in [5.74, 6) is -1.23.